The van der Waals surface area contributed by atoms with Gasteiger partial charge >= 0.3 is 5.97 Å². The topological polar surface area (TPSA) is 67.4 Å². The maximum Gasteiger partial charge on any atom is 0.320 e. The molecule has 0 aromatic rings. The summed E-state index contributed by atoms with van der Waals surface area (Å²) in [6.45, 7) is 5.39. The van der Waals surface area contributed by atoms with Gasteiger partial charge in [-0.1, -0.05) is 0 Å². The Morgan fingerprint density at radius 3 is 2.44 bits per heavy atom. The molecule has 1 atom stereocenters. The predicted molar refractivity (Wildman–Crippen MR) is 59.9 cm³/mol. The van der Waals surface area contributed by atoms with Gasteiger partial charge in [0, 0.05) is 6.04 Å². The highest BCUT2D eigenvalue weighted by Crippen LogP contribution is 2.18. The molecule has 0 aromatic carbocycles. The van der Waals surface area contributed by atoms with Gasteiger partial charge in [-0.2, -0.15) is 0 Å². The Balaban J connectivity index is 2.15. The molecule has 0 bridgehead atoms. The number of carbonyl (C=O) groups excluding carboxylic acids is 2. The van der Waals surface area contributed by atoms with Crippen molar-refractivity contribution in [2.75, 3.05) is 6.54 Å². The Morgan fingerprint density at radius 1 is 1.31 bits per heavy atom. The van der Waals surface area contributed by atoms with Crippen LogP contribution in [0, 0.1) is 0 Å². The highest BCUT2D eigenvalue weighted by molar-refractivity contribution is 5.82. The van der Waals surface area contributed by atoms with E-state index in [1.54, 1.807) is 20.8 Å². The van der Waals surface area contributed by atoms with E-state index in [1.165, 1.54) is 0 Å². The van der Waals surface area contributed by atoms with Crippen LogP contribution in [0.4, 0.5) is 0 Å². The van der Waals surface area contributed by atoms with Crippen molar-refractivity contribution in [3.05, 3.63) is 0 Å². The largest absolute Gasteiger partial charge is 0.462 e. The lowest BCUT2D eigenvalue weighted by atomic mass is 10.3. The van der Waals surface area contributed by atoms with E-state index in [1.807, 2.05) is 0 Å². The molecule has 16 heavy (non-hydrogen) atoms. The first kappa shape index (κ1) is 13.0. The minimum atomic E-state index is -0.361. The van der Waals surface area contributed by atoms with Gasteiger partial charge in [-0.25, -0.2) is 0 Å². The number of ether oxygens (including phenoxy) is 1. The van der Waals surface area contributed by atoms with E-state index < -0.39 is 0 Å². The molecule has 0 aromatic heterocycles. The molecule has 1 unspecified atom stereocenters. The molecule has 5 nitrogen and oxygen atoms in total. The maximum atomic E-state index is 11.5. The Hall–Kier alpha value is -1.10. The molecule has 0 radical (unpaired) electrons. The van der Waals surface area contributed by atoms with Gasteiger partial charge in [0.15, 0.2) is 0 Å². The van der Waals surface area contributed by atoms with Gasteiger partial charge in [-0.05, 0) is 33.6 Å². The molecule has 5 heteroatoms. The third kappa shape index (κ3) is 5.11. The SMILES string of the molecule is CC(C)OC(=O)CNC(C)C(=O)NC1CC1. The molecule has 0 saturated heterocycles. The van der Waals surface area contributed by atoms with Crippen LogP contribution in [0.3, 0.4) is 0 Å². The minimum Gasteiger partial charge on any atom is -0.462 e. The first-order valence-electron chi connectivity index (χ1n) is 5.72. The zero-order chi connectivity index (χ0) is 12.1. The number of hydrogen-bond donors (Lipinski definition) is 2. The fraction of sp³-hybridized carbons (Fsp3) is 0.818. The zero-order valence-electron chi connectivity index (χ0n) is 10.1. The van der Waals surface area contributed by atoms with E-state index in [-0.39, 0.29) is 30.6 Å². The lowest BCUT2D eigenvalue weighted by molar-refractivity contribution is -0.146. The number of amides is 1. The van der Waals surface area contributed by atoms with Crippen LogP contribution in [0.2, 0.25) is 0 Å². The third-order valence-corrected chi connectivity index (χ3v) is 2.24. The van der Waals surface area contributed by atoms with Crippen LogP contribution in [-0.4, -0.2) is 36.6 Å². The molecule has 0 heterocycles. The number of nitrogens with one attached hydrogen (secondary N) is 2. The first-order valence-corrected chi connectivity index (χ1v) is 5.72. The Bertz CT molecular complexity index is 262. The molecule has 1 fully saturated rings. The molecule has 1 rings (SSSR count). The van der Waals surface area contributed by atoms with Crippen molar-refractivity contribution in [3.8, 4) is 0 Å². The molecule has 0 aliphatic heterocycles. The normalized spacial score (nSPS) is 17.0. The number of hydrogen-bond acceptors (Lipinski definition) is 4. The number of carbonyl (C=O) groups is 2. The van der Waals surface area contributed by atoms with Crippen LogP contribution in [-0.2, 0) is 14.3 Å². The van der Waals surface area contributed by atoms with Crippen molar-refractivity contribution in [2.45, 2.75) is 51.8 Å². The summed E-state index contributed by atoms with van der Waals surface area (Å²) in [5.74, 6) is -0.388. The molecule has 0 spiro atoms. The van der Waals surface area contributed by atoms with E-state index in [9.17, 15) is 9.59 Å². The van der Waals surface area contributed by atoms with Gasteiger partial charge in [0.25, 0.3) is 0 Å². The predicted octanol–water partition coefficient (Wildman–Crippen LogP) is 0.195. The molecular formula is C11H20N2O3. The molecule has 1 amide bonds. The van der Waals surface area contributed by atoms with Crippen molar-refractivity contribution >= 4 is 11.9 Å². The van der Waals surface area contributed by atoms with Crippen LogP contribution >= 0.6 is 0 Å². The van der Waals surface area contributed by atoms with Gasteiger partial charge < -0.3 is 10.1 Å². The summed E-state index contributed by atoms with van der Waals surface area (Å²) >= 11 is 0. The van der Waals surface area contributed by atoms with Gasteiger partial charge in [-0.3, -0.25) is 14.9 Å². The summed E-state index contributed by atoms with van der Waals surface area (Å²) in [6.07, 6.45) is 2.01. The van der Waals surface area contributed by atoms with Crippen molar-refractivity contribution in [1.29, 1.82) is 0 Å². The fourth-order valence-electron chi connectivity index (χ4n) is 1.19. The average Bonchev–Trinajstić information content (AvgIpc) is 2.96. The van der Waals surface area contributed by atoms with Crippen molar-refractivity contribution in [3.63, 3.8) is 0 Å². The van der Waals surface area contributed by atoms with E-state index in [0.717, 1.165) is 12.8 Å². The summed E-state index contributed by atoms with van der Waals surface area (Å²) in [6, 6.07) is -0.0142. The number of rotatable bonds is 6. The van der Waals surface area contributed by atoms with Gasteiger partial charge in [0.1, 0.15) is 0 Å². The van der Waals surface area contributed by atoms with E-state index in [2.05, 4.69) is 10.6 Å². The minimum absolute atomic E-state index is 0.0557. The molecule has 1 aliphatic carbocycles. The molecule has 92 valence electrons. The third-order valence-electron chi connectivity index (χ3n) is 2.24. The lowest BCUT2D eigenvalue weighted by Gasteiger charge is -2.14. The highest BCUT2D eigenvalue weighted by Gasteiger charge is 2.25. The molecule has 1 saturated carbocycles. The van der Waals surface area contributed by atoms with Crippen LogP contribution in [0.1, 0.15) is 33.6 Å². The quantitative estimate of drug-likeness (QED) is 0.637. The van der Waals surface area contributed by atoms with Crippen molar-refractivity contribution in [2.24, 2.45) is 0 Å². The zero-order valence-corrected chi connectivity index (χ0v) is 10.1. The summed E-state index contributed by atoms with van der Waals surface area (Å²) < 4.78 is 4.94. The van der Waals surface area contributed by atoms with E-state index in [4.69, 9.17) is 4.74 Å². The summed E-state index contributed by atoms with van der Waals surface area (Å²) in [7, 11) is 0. The average molecular weight is 228 g/mol. The molecule has 2 N–H and O–H groups in total. The van der Waals surface area contributed by atoms with Crippen LogP contribution < -0.4 is 10.6 Å². The van der Waals surface area contributed by atoms with Crippen LogP contribution in [0.5, 0.6) is 0 Å². The van der Waals surface area contributed by atoms with E-state index in [0.29, 0.717) is 6.04 Å². The number of esters is 1. The lowest BCUT2D eigenvalue weighted by Crippen LogP contribution is -2.45. The standard InChI is InChI=1S/C11H20N2O3/c1-7(2)16-10(14)6-12-8(3)11(15)13-9-4-5-9/h7-9,12H,4-6H2,1-3H3,(H,13,15). The van der Waals surface area contributed by atoms with Crippen molar-refractivity contribution < 1.29 is 14.3 Å². The Kier molecular flexibility index (Phi) is 4.73. The maximum absolute atomic E-state index is 11.5. The Labute approximate surface area is 95.9 Å². The summed E-state index contributed by atoms with van der Waals surface area (Å²) in [5.41, 5.74) is 0. The highest BCUT2D eigenvalue weighted by atomic mass is 16.5. The second-order valence-electron chi connectivity index (χ2n) is 4.42. The first-order chi connectivity index (χ1) is 7.49. The monoisotopic (exact) mass is 228 g/mol. The second-order valence-corrected chi connectivity index (χ2v) is 4.42. The Morgan fingerprint density at radius 2 is 1.94 bits per heavy atom. The molecule has 1 aliphatic rings. The van der Waals surface area contributed by atoms with Gasteiger partial charge in [0.05, 0.1) is 18.7 Å². The van der Waals surface area contributed by atoms with Crippen LogP contribution in [0.25, 0.3) is 0 Å². The van der Waals surface area contributed by atoms with Crippen molar-refractivity contribution in [1.82, 2.24) is 10.6 Å². The molecular weight excluding hydrogens is 208 g/mol. The van der Waals surface area contributed by atoms with Gasteiger partial charge in [-0.15, -0.1) is 0 Å². The van der Waals surface area contributed by atoms with E-state index >= 15 is 0 Å². The summed E-state index contributed by atoms with van der Waals surface area (Å²) in [4.78, 5) is 22.7. The fourth-order valence-corrected chi connectivity index (χ4v) is 1.19. The second kappa shape index (κ2) is 5.84. The van der Waals surface area contributed by atoms with Gasteiger partial charge in [0.2, 0.25) is 5.91 Å². The van der Waals surface area contributed by atoms with Crippen LogP contribution in [0.15, 0.2) is 0 Å². The summed E-state index contributed by atoms with van der Waals surface area (Å²) in [5, 5.41) is 5.70. The smallest absolute Gasteiger partial charge is 0.320 e.